The minimum Gasteiger partial charge on any atom is -0.497 e. The molecule has 0 unspecified atom stereocenters. The fraction of sp³-hybridized carbons (Fsp3) is 0.435. The van der Waals surface area contributed by atoms with Crippen molar-refractivity contribution in [3.05, 3.63) is 40.5 Å². The highest BCUT2D eigenvalue weighted by molar-refractivity contribution is 8.00. The Morgan fingerprint density at radius 2 is 1.90 bits per heavy atom. The maximum atomic E-state index is 12.5. The van der Waals surface area contributed by atoms with E-state index in [-0.39, 0.29) is 5.91 Å². The van der Waals surface area contributed by atoms with Gasteiger partial charge in [0.15, 0.2) is 0 Å². The minimum atomic E-state index is -0.0410. The summed E-state index contributed by atoms with van der Waals surface area (Å²) in [5.74, 6) is 2.45. The number of nitrogens with zero attached hydrogens (tertiary/aromatic N) is 2. The number of hydrogen-bond acceptors (Lipinski definition) is 6. The summed E-state index contributed by atoms with van der Waals surface area (Å²) in [7, 11) is 1.63. The lowest BCUT2D eigenvalue weighted by atomic mass is 9.89. The summed E-state index contributed by atoms with van der Waals surface area (Å²) in [4.78, 5) is 24.8. The molecule has 1 N–H and O–H groups in total. The predicted octanol–water partition coefficient (Wildman–Crippen LogP) is 6.10. The number of aryl methyl sites for hydroxylation is 2. The molecule has 0 aliphatic heterocycles. The van der Waals surface area contributed by atoms with Gasteiger partial charge in [0, 0.05) is 21.9 Å². The van der Waals surface area contributed by atoms with Crippen LogP contribution in [0.25, 0.3) is 10.2 Å². The first-order valence-corrected chi connectivity index (χ1v) is 12.2. The van der Waals surface area contributed by atoms with E-state index in [1.54, 1.807) is 18.4 Å². The lowest BCUT2D eigenvalue weighted by Crippen LogP contribution is -2.14. The Balaban J connectivity index is 1.53. The van der Waals surface area contributed by atoms with Crippen LogP contribution < -0.4 is 10.1 Å². The van der Waals surface area contributed by atoms with Gasteiger partial charge in [-0.25, -0.2) is 9.97 Å². The second-order valence-corrected chi connectivity index (χ2v) is 9.92. The molecule has 0 bridgehead atoms. The highest BCUT2D eigenvalue weighted by atomic mass is 32.2. The van der Waals surface area contributed by atoms with E-state index >= 15 is 0 Å². The third-order valence-electron chi connectivity index (χ3n) is 5.70. The second-order valence-electron chi connectivity index (χ2n) is 7.75. The van der Waals surface area contributed by atoms with E-state index in [4.69, 9.17) is 14.7 Å². The SMILES string of the molecule is COc1ccc(NC(=O)CSc2nc(C3CCCCC3)nc3sc(C)c(C)c23)cc1. The van der Waals surface area contributed by atoms with Crippen molar-refractivity contribution < 1.29 is 9.53 Å². The molecule has 0 spiro atoms. The molecule has 2 heterocycles. The lowest BCUT2D eigenvalue weighted by Gasteiger charge is -2.20. The van der Waals surface area contributed by atoms with Crippen molar-refractivity contribution in [3.63, 3.8) is 0 Å². The van der Waals surface area contributed by atoms with Crippen LogP contribution in [0.1, 0.15) is 54.3 Å². The van der Waals surface area contributed by atoms with Crippen molar-refractivity contribution in [2.45, 2.75) is 56.9 Å². The molecule has 1 fully saturated rings. The Hall–Kier alpha value is -2.12. The number of hydrogen-bond donors (Lipinski definition) is 1. The zero-order valence-electron chi connectivity index (χ0n) is 17.7. The zero-order valence-corrected chi connectivity index (χ0v) is 19.3. The quantitative estimate of drug-likeness (QED) is 0.370. The topological polar surface area (TPSA) is 64.1 Å². The summed E-state index contributed by atoms with van der Waals surface area (Å²) < 4.78 is 5.16. The van der Waals surface area contributed by atoms with Crippen molar-refractivity contribution >= 4 is 44.9 Å². The Bertz CT molecular complexity index is 1040. The van der Waals surface area contributed by atoms with Crippen LogP contribution in [0, 0.1) is 13.8 Å². The first-order chi connectivity index (χ1) is 14.5. The largest absolute Gasteiger partial charge is 0.497 e. The van der Waals surface area contributed by atoms with E-state index in [0.29, 0.717) is 11.7 Å². The van der Waals surface area contributed by atoms with Gasteiger partial charge < -0.3 is 10.1 Å². The standard InChI is InChI=1S/C23H27N3O2S2/c1-14-15(2)30-23-20(14)22(25-21(26-23)16-7-5-4-6-8-16)29-13-19(27)24-17-9-11-18(28-3)12-10-17/h9-12,16H,4-8,13H2,1-3H3,(H,24,27). The van der Waals surface area contributed by atoms with Crippen LogP contribution in [0.5, 0.6) is 5.75 Å². The number of rotatable bonds is 6. The Morgan fingerprint density at radius 3 is 2.60 bits per heavy atom. The Labute approximate surface area is 185 Å². The molecular weight excluding hydrogens is 414 g/mol. The summed E-state index contributed by atoms with van der Waals surface area (Å²) in [5, 5.41) is 5.00. The Morgan fingerprint density at radius 1 is 1.17 bits per heavy atom. The highest BCUT2D eigenvalue weighted by Gasteiger charge is 2.22. The number of benzene rings is 1. The number of methoxy groups -OCH3 is 1. The molecule has 1 amide bonds. The monoisotopic (exact) mass is 441 g/mol. The lowest BCUT2D eigenvalue weighted by molar-refractivity contribution is -0.113. The third kappa shape index (κ3) is 4.62. The number of carbonyl (C=O) groups excluding carboxylic acids is 1. The van der Waals surface area contributed by atoms with Crippen molar-refractivity contribution in [2.75, 3.05) is 18.2 Å². The number of nitrogens with one attached hydrogen (secondary N) is 1. The molecule has 0 saturated heterocycles. The van der Waals surface area contributed by atoms with Crippen LogP contribution in [0.15, 0.2) is 29.3 Å². The molecule has 30 heavy (non-hydrogen) atoms. The molecule has 7 heteroatoms. The maximum Gasteiger partial charge on any atom is 0.234 e. The first-order valence-electron chi connectivity index (χ1n) is 10.4. The van der Waals surface area contributed by atoms with E-state index in [0.717, 1.165) is 45.3 Å². The fourth-order valence-corrected chi connectivity index (χ4v) is 5.87. The molecule has 1 saturated carbocycles. The fourth-order valence-electron chi connectivity index (χ4n) is 3.88. The van der Waals surface area contributed by atoms with Crippen molar-refractivity contribution in [2.24, 2.45) is 0 Å². The number of amides is 1. The van der Waals surface area contributed by atoms with Crippen LogP contribution in [0.2, 0.25) is 0 Å². The average molecular weight is 442 g/mol. The molecule has 3 aromatic rings. The van der Waals surface area contributed by atoms with Gasteiger partial charge in [-0.15, -0.1) is 11.3 Å². The molecule has 0 atom stereocenters. The van der Waals surface area contributed by atoms with E-state index < -0.39 is 0 Å². The van der Waals surface area contributed by atoms with Crippen LogP contribution in [-0.2, 0) is 4.79 Å². The summed E-state index contributed by atoms with van der Waals surface area (Å²) in [6.07, 6.45) is 6.14. The molecule has 0 radical (unpaired) electrons. The summed E-state index contributed by atoms with van der Waals surface area (Å²) >= 11 is 3.24. The molecule has 1 aromatic carbocycles. The number of ether oxygens (including phenoxy) is 1. The van der Waals surface area contributed by atoms with Gasteiger partial charge in [-0.1, -0.05) is 31.0 Å². The minimum absolute atomic E-state index is 0.0410. The van der Waals surface area contributed by atoms with E-state index in [1.165, 1.54) is 41.5 Å². The molecule has 1 aliphatic carbocycles. The molecule has 1 aliphatic rings. The number of thioether (sulfide) groups is 1. The summed E-state index contributed by atoms with van der Waals surface area (Å²) in [6, 6.07) is 7.37. The number of fused-ring (bicyclic) bond motifs is 1. The summed E-state index contributed by atoms with van der Waals surface area (Å²) in [6.45, 7) is 4.26. The highest BCUT2D eigenvalue weighted by Crippen LogP contribution is 2.38. The van der Waals surface area contributed by atoms with Gasteiger partial charge in [0.05, 0.1) is 12.9 Å². The molecule has 158 valence electrons. The number of anilines is 1. The predicted molar refractivity (Wildman–Crippen MR) is 125 cm³/mol. The van der Waals surface area contributed by atoms with E-state index in [1.807, 2.05) is 24.3 Å². The van der Waals surface area contributed by atoms with Crippen molar-refractivity contribution in [3.8, 4) is 5.75 Å². The average Bonchev–Trinajstić information content (AvgIpc) is 3.06. The van der Waals surface area contributed by atoms with Gasteiger partial charge >= 0.3 is 0 Å². The second kappa shape index (κ2) is 9.35. The molecular formula is C23H27N3O2S2. The van der Waals surface area contributed by atoms with Crippen LogP contribution >= 0.6 is 23.1 Å². The van der Waals surface area contributed by atoms with Crippen LogP contribution in [0.4, 0.5) is 5.69 Å². The summed E-state index contributed by atoms with van der Waals surface area (Å²) in [5.41, 5.74) is 1.99. The van der Waals surface area contributed by atoms with Gasteiger partial charge in [0.2, 0.25) is 5.91 Å². The zero-order chi connectivity index (χ0) is 21.1. The maximum absolute atomic E-state index is 12.5. The normalized spacial score (nSPS) is 14.8. The van der Waals surface area contributed by atoms with Crippen LogP contribution in [-0.4, -0.2) is 28.7 Å². The molecule has 5 nitrogen and oxygen atoms in total. The number of aromatic nitrogens is 2. The van der Waals surface area contributed by atoms with Crippen molar-refractivity contribution in [1.29, 1.82) is 0 Å². The smallest absolute Gasteiger partial charge is 0.234 e. The molecule has 2 aromatic heterocycles. The molecule has 4 rings (SSSR count). The third-order valence-corrected chi connectivity index (χ3v) is 7.77. The van der Waals surface area contributed by atoms with Crippen LogP contribution in [0.3, 0.4) is 0 Å². The van der Waals surface area contributed by atoms with Gasteiger partial charge in [0.25, 0.3) is 0 Å². The van der Waals surface area contributed by atoms with Gasteiger partial charge in [-0.3, -0.25) is 4.79 Å². The Kier molecular flexibility index (Phi) is 6.58. The van der Waals surface area contributed by atoms with Crippen molar-refractivity contribution in [1.82, 2.24) is 9.97 Å². The number of thiophene rings is 1. The van der Waals surface area contributed by atoms with E-state index in [9.17, 15) is 4.79 Å². The first kappa shape index (κ1) is 21.1. The number of carbonyl (C=O) groups is 1. The van der Waals surface area contributed by atoms with Gasteiger partial charge in [-0.05, 0) is 56.5 Å². The van der Waals surface area contributed by atoms with E-state index in [2.05, 4.69) is 19.2 Å². The van der Waals surface area contributed by atoms with Gasteiger partial charge in [0.1, 0.15) is 21.4 Å². The van der Waals surface area contributed by atoms with Gasteiger partial charge in [-0.2, -0.15) is 0 Å².